The van der Waals surface area contributed by atoms with Gasteiger partial charge in [-0.3, -0.25) is 9.89 Å². The molecule has 0 aliphatic rings. The summed E-state index contributed by atoms with van der Waals surface area (Å²) in [5.41, 5.74) is 2.10. The lowest BCUT2D eigenvalue weighted by molar-refractivity contribution is 0.102. The molecule has 106 valence electrons. The van der Waals surface area contributed by atoms with Crippen LogP contribution in [0.2, 0.25) is 5.02 Å². The van der Waals surface area contributed by atoms with Gasteiger partial charge in [-0.15, -0.1) is 11.8 Å². The number of aromatic nitrogens is 2. The molecule has 0 fully saturated rings. The Morgan fingerprint density at radius 3 is 2.95 bits per heavy atom. The third kappa shape index (κ3) is 2.89. The van der Waals surface area contributed by atoms with E-state index in [4.69, 9.17) is 11.6 Å². The molecule has 0 atom stereocenters. The van der Waals surface area contributed by atoms with Crippen LogP contribution in [0.3, 0.4) is 0 Å². The van der Waals surface area contributed by atoms with Gasteiger partial charge in [0.1, 0.15) is 0 Å². The minimum absolute atomic E-state index is 0.223. The summed E-state index contributed by atoms with van der Waals surface area (Å²) in [5, 5.41) is 11.1. The summed E-state index contributed by atoms with van der Waals surface area (Å²) >= 11 is 7.67. The Hall–Kier alpha value is -1.98. The molecule has 0 saturated heterocycles. The number of H-pyrrole nitrogens is 1. The zero-order chi connectivity index (χ0) is 14.8. The topological polar surface area (TPSA) is 57.8 Å². The highest BCUT2D eigenvalue weighted by atomic mass is 35.5. The fourth-order valence-corrected chi connectivity index (χ4v) is 2.67. The largest absolute Gasteiger partial charge is 0.322 e. The van der Waals surface area contributed by atoms with Crippen LogP contribution in [0.4, 0.5) is 5.69 Å². The van der Waals surface area contributed by atoms with E-state index in [9.17, 15) is 4.79 Å². The molecule has 0 unspecified atom stereocenters. The van der Waals surface area contributed by atoms with Crippen molar-refractivity contribution in [2.24, 2.45) is 0 Å². The zero-order valence-electron chi connectivity index (χ0n) is 11.2. The summed E-state index contributed by atoms with van der Waals surface area (Å²) in [7, 11) is 0. The summed E-state index contributed by atoms with van der Waals surface area (Å²) < 4.78 is 0. The molecule has 2 N–H and O–H groups in total. The average Bonchev–Trinajstić information content (AvgIpc) is 2.95. The maximum absolute atomic E-state index is 12.3. The molecule has 2 aromatic carbocycles. The Morgan fingerprint density at radius 2 is 2.14 bits per heavy atom. The molecular weight excluding hydrogens is 306 g/mol. The van der Waals surface area contributed by atoms with Gasteiger partial charge in [-0.1, -0.05) is 11.6 Å². The van der Waals surface area contributed by atoms with E-state index in [1.165, 1.54) is 0 Å². The summed E-state index contributed by atoms with van der Waals surface area (Å²) in [4.78, 5) is 13.3. The Bertz CT molecular complexity index is 816. The van der Waals surface area contributed by atoms with Crippen LogP contribution in [0.5, 0.6) is 0 Å². The molecule has 0 aliphatic carbocycles. The first kappa shape index (κ1) is 14.0. The van der Waals surface area contributed by atoms with Crippen molar-refractivity contribution in [2.75, 3.05) is 11.6 Å². The van der Waals surface area contributed by atoms with Crippen LogP contribution in [-0.2, 0) is 0 Å². The summed E-state index contributed by atoms with van der Waals surface area (Å²) in [6, 6.07) is 11.0. The average molecular weight is 318 g/mol. The van der Waals surface area contributed by atoms with Gasteiger partial charge in [0.2, 0.25) is 0 Å². The number of amides is 1. The lowest BCUT2D eigenvalue weighted by Crippen LogP contribution is -2.12. The number of nitrogens with one attached hydrogen (secondary N) is 2. The van der Waals surface area contributed by atoms with Crippen molar-refractivity contribution in [3.8, 4) is 0 Å². The van der Waals surface area contributed by atoms with Crippen molar-refractivity contribution in [2.45, 2.75) is 4.90 Å². The first-order chi connectivity index (χ1) is 10.2. The Labute approximate surface area is 130 Å². The first-order valence-corrected chi connectivity index (χ1v) is 7.85. The highest BCUT2D eigenvalue weighted by molar-refractivity contribution is 7.98. The first-order valence-electron chi connectivity index (χ1n) is 6.25. The van der Waals surface area contributed by atoms with Crippen LogP contribution >= 0.6 is 23.4 Å². The zero-order valence-corrected chi connectivity index (χ0v) is 12.8. The number of hydrogen-bond donors (Lipinski definition) is 2. The van der Waals surface area contributed by atoms with Gasteiger partial charge < -0.3 is 5.32 Å². The molecule has 6 heteroatoms. The van der Waals surface area contributed by atoms with E-state index in [2.05, 4.69) is 15.5 Å². The van der Waals surface area contributed by atoms with Gasteiger partial charge in [-0.05, 0) is 42.7 Å². The highest BCUT2D eigenvalue weighted by Gasteiger charge is 2.12. The van der Waals surface area contributed by atoms with E-state index in [-0.39, 0.29) is 5.91 Å². The number of aromatic amines is 1. The number of carbonyl (C=O) groups excluding carboxylic acids is 1. The predicted octanol–water partition coefficient (Wildman–Crippen LogP) is 4.19. The van der Waals surface area contributed by atoms with Gasteiger partial charge >= 0.3 is 0 Å². The lowest BCUT2D eigenvalue weighted by Gasteiger charge is -2.08. The maximum atomic E-state index is 12.3. The van der Waals surface area contributed by atoms with Crippen LogP contribution in [0.25, 0.3) is 10.9 Å². The smallest absolute Gasteiger partial charge is 0.257 e. The van der Waals surface area contributed by atoms with Gasteiger partial charge in [0.25, 0.3) is 5.91 Å². The van der Waals surface area contributed by atoms with E-state index >= 15 is 0 Å². The molecule has 21 heavy (non-hydrogen) atoms. The number of halogens is 1. The molecule has 0 spiro atoms. The van der Waals surface area contributed by atoms with Crippen molar-refractivity contribution in [1.82, 2.24) is 10.2 Å². The van der Waals surface area contributed by atoms with Crippen molar-refractivity contribution in [3.63, 3.8) is 0 Å². The highest BCUT2D eigenvalue weighted by Crippen LogP contribution is 2.24. The van der Waals surface area contributed by atoms with Crippen LogP contribution in [0.1, 0.15) is 10.4 Å². The predicted molar refractivity (Wildman–Crippen MR) is 87.3 cm³/mol. The molecule has 0 radical (unpaired) electrons. The van der Waals surface area contributed by atoms with Crippen LogP contribution in [0.15, 0.2) is 47.5 Å². The standard InChI is InChI=1S/C15H12ClN3OS/c1-21-11-3-4-13(16)12(7-11)15(20)18-10-2-5-14-9(6-10)8-17-19-14/h2-8H,1H3,(H,17,19)(H,18,20). The Kier molecular flexibility index (Phi) is 3.86. The van der Waals surface area contributed by atoms with Crippen molar-refractivity contribution >= 4 is 45.9 Å². The Morgan fingerprint density at radius 1 is 1.29 bits per heavy atom. The molecule has 0 saturated carbocycles. The fraction of sp³-hybridized carbons (Fsp3) is 0.0667. The third-order valence-corrected chi connectivity index (χ3v) is 4.17. The molecule has 1 heterocycles. The van der Waals surface area contributed by atoms with Gasteiger partial charge in [0.05, 0.1) is 22.3 Å². The molecule has 3 aromatic rings. The summed E-state index contributed by atoms with van der Waals surface area (Å²) in [5.74, 6) is -0.223. The van der Waals surface area contributed by atoms with Gasteiger partial charge in [0.15, 0.2) is 0 Å². The number of carbonyl (C=O) groups is 1. The van der Waals surface area contributed by atoms with Crippen molar-refractivity contribution in [1.29, 1.82) is 0 Å². The van der Waals surface area contributed by atoms with Crippen LogP contribution in [0, 0.1) is 0 Å². The van der Waals surface area contributed by atoms with Crippen LogP contribution in [-0.4, -0.2) is 22.4 Å². The maximum Gasteiger partial charge on any atom is 0.257 e. The molecule has 3 rings (SSSR count). The summed E-state index contributed by atoms with van der Waals surface area (Å²) in [6.07, 6.45) is 3.67. The van der Waals surface area contributed by atoms with E-state index in [1.54, 1.807) is 30.1 Å². The lowest BCUT2D eigenvalue weighted by atomic mass is 10.2. The van der Waals surface area contributed by atoms with Crippen molar-refractivity contribution in [3.05, 3.63) is 53.2 Å². The molecule has 4 nitrogen and oxygen atoms in total. The number of rotatable bonds is 3. The van der Waals surface area contributed by atoms with Crippen LogP contribution < -0.4 is 5.32 Å². The monoisotopic (exact) mass is 317 g/mol. The molecule has 0 bridgehead atoms. The number of fused-ring (bicyclic) bond motifs is 1. The molecule has 1 aromatic heterocycles. The second-order valence-electron chi connectivity index (χ2n) is 4.47. The van der Waals surface area contributed by atoms with Gasteiger partial charge in [-0.2, -0.15) is 5.10 Å². The van der Waals surface area contributed by atoms with E-state index in [1.807, 2.05) is 30.5 Å². The number of anilines is 1. The minimum Gasteiger partial charge on any atom is -0.322 e. The molecule has 0 aliphatic heterocycles. The second kappa shape index (κ2) is 5.79. The molecule has 1 amide bonds. The van der Waals surface area contributed by atoms with Gasteiger partial charge in [0, 0.05) is 16.0 Å². The van der Waals surface area contributed by atoms with Crippen molar-refractivity contribution < 1.29 is 4.79 Å². The minimum atomic E-state index is -0.223. The second-order valence-corrected chi connectivity index (χ2v) is 5.76. The quantitative estimate of drug-likeness (QED) is 0.712. The SMILES string of the molecule is CSc1ccc(Cl)c(C(=O)Nc2ccc3[nH]ncc3c2)c1. The summed E-state index contributed by atoms with van der Waals surface area (Å²) in [6.45, 7) is 0. The number of thioether (sulfide) groups is 1. The Balaban J connectivity index is 1.88. The number of nitrogens with zero attached hydrogens (tertiary/aromatic N) is 1. The third-order valence-electron chi connectivity index (χ3n) is 3.12. The van der Waals surface area contributed by atoms with E-state index < -0.39 is 0 Å². The fourth-order valence-electron chi connectivity index (χ4n) is 2.02. The van der Waals surface area contributed by atoms with E-state index in [0.29, 0.717) is 16.3 Å². The van der Waals surface area contributed by atoms with Gasteiger partial charge in [-0.25, -0.2) is 0 Å². The van der Waals surface area contributed by atoms with E-state index in [0.717, 1.165) is 15.8 Å². The number of benzene rings is 2. The normalized spacial score (nSPS) is 10.8. The number of hydrogen-bond acceptors (Lipinski definition) is 3. The molecular formula is C15H12ClN3OS.